The number of amides is 1. The zero-order chi connectivity index (χ0) is 18.7. The molecule has 3 rings (SSSR count). The van der Waals surface area contributed by atoms with Crippen LogP contribution in [-0.4, -0.2) is 46.6 Å². The van der Waals surface area contributed by atoms with Crippen molar-refractivity contribution in [3.05, 3.63) is 35.3 Å². The van der Waals surface area contributed by atoms with Crippen LogP contribution in [0.4, 0.5) is 0 Å². The van der Waals surface area contributed by atoms with Crippen molar-refractivity contribution in [1.29, 1.82) is 0 Å². The molecule has 1 aromatic heterocycles. The van der Waals surface area contributed by atoms with E-state index in [0.717, 1.165) is 16.3 Å². The van der Waals surface area contributed by atoms with Crippen molar-refractivity contribution in [2.24, 2.45) is 5.41 Å². The number of carbonyl (C=O) groups excluding carboxylic acids is 1. The number of ether oxygens (including phenoxy) is 1. The van der Waals surface area contributed by atoms with Gasteiger partial charge in [-0.05, 0) is 44.5 Å². The Balaban J connectivity index is 1.63. The lowest BCUT2D eigenvalue weighted by Gasteiger charge is -2.19. The molecule has 0 saturated carbocycles. The van der Waals surface area contributed by atoms with Crippen LogP contribution in [0.5, 0.6) is 5.75 Å². The highest BCUT2D eigenvalue weighted by Gasteiger charge is 2.42. The number of carboxylic acid groups (broad SMARTS) is 1. The Morgan fingerprint density at radius 3 is 2.69 bits per heavy atom. The molecule has 1 saturated heterocycles. The number of thiazole rings is 1. The van der Waals surface area contributed by atoms with Crippen LogP contribution in [0.3, 0.4) is 0 Å². The summed E-state index contributed by atoms with van der Waals surface area (Å²) in [4.78, 5) is 30.0. The van der Waals surface area contributed by atoms with E-state index in [9.17, 15) is 14.7 Å². The second kappa shape index (κ2) is 7.45. The molecule has 1 amide bonds. The summed E-state index contributed by atoms with van der Waals surface area (Å²) in [5, 5.41) is 12.0. The van der Waals surface area contributed by atoms with E-state index < -0.39 is 11.4 Å². The lowest BCUT2D eigenvalue weighted by atomic mass is 9.90. The van der Waals surface area contributed by atoms with Crippen LogP contribution in [0.15, 0.2) is 29.6 Å². The van der Waals surface area contributed by atoms with Crippen molar-refractivity contribution in [3.8, 4) is 16.3 Å². The van der Waals surface area contributed by atoms with Gasteiger partial charge in [0.25, 0.3) is 0 Å². The van der Waals surface area contributed by atoms with Gasteiger partial charge >= 0.3 is 5.97 Å². The monoisotopic (exact) mass is 374 g/mol. The second-order valence-corrected chi connectivity index (χ2v) is 7.57. The molecule has 6 nitrogen and oxygen atoms in total. The van der Waals surface area contributed by atoms with Gasteiger partial charge in [-0.1, -0.05) is 0 Å². The number of aromatic nitrogens is 1. The lowest BCUT2D eigenvalue weighted by molar-refractivity contribution is -0.147. The van der Waals surface area contributed by atoms with Crippen molar-refractivity contribution >= 4 is 23.2 Å². The van der Waals surface area contributed by atoms with Gasteiger partial charge in [0.15, 0.2) is 0 Å². The number of carbonyl (C=O) groups is 2. The Bertz CT molecular complexity index is 802. The van der Waals surface area contributed by atoms with Gasteiger partial charge in [0, 0.05) is 24.0 Å². The first-order valence-electron chi connectivity index (χ1n) is 8.60. The third-order valence-corrected chi connectivity index (χ3v) is 5.58. The second-order valence-electron chi connectivity index (χ2n) is 6.71. The van der Waals surface area contributed by atoms with Crippen LogP contribution in [0.1, 0.15) is 26.0 Å². The maximum absolute atomic E-state index is 12.5. The average molecular weight is 374 g/mol. The summed E-state index contributed by atoms with van der Waals surface area (Å²) in [6, 6.07) is 7.71. The van der Waals surface area contributed by atoms with Gasteiger partial charge in [-0.2, -0.15) is 0 Å². The number of hydrogen-bond acceptors (Lipinski definition) is 5. The van der Waals surface area contributed by atoms with Crippen molar-refractivity contribution in [2.45, 2.75) is 26.7 Å². The van der Waals surface area contributed by atoms with Crippen molar-refractivity contribution in [2.75, 3.05) is 19.7 Å². The minimum Gasteiger partial charge on any atom is -0.494 e. The molecule has 1 aliphatic rings. The highest BCUT2D eigenvalue weighted by molar-refractivity contribution is 7.13. The highest BCUT2D eigenvalue weighted by atomic mass is 32.1. The Morgan fingerprint density at radius 1 is 1.35 bits per heavy atom. The summed E-state index contributed by atoms with van der Waals surface area (Å²) in [6.07, 6.45) is 0.686. The van der Waals surface area contributed by atoms with Crippen LogP contribution >= 0.6 is 11.3 Å². The van der Waals surface area contributed by atoms with E-state index in [1.165, 1.54) is 11.3 Å². The van der Waals surface area contributed by atoms with Crippen molar-refractivity contribution in [3.63, 3.8) is 0 Å². The molecular formula is C19H22N2O4S. The number of nitrogens with zero attached hydrogens (tertiary/aromatic N) is 2. The van der Waals surface area contributed by atoms with E-state index in [1.54, 1.807) is 11.8 Å². The third kappa shape index (κ3) is 3.88. The average Bonchev–Trinajstić information content (AvgIpc) is 3.24. The SMILES string of the molecule is CCOc1ccc(-c2nc(CC(=O)N3CC[C@@](C)(C(=O)O)C3)cs2)cc1. The fourth-order valence-corrected chi connectivity index (χ4v) is 3.82. The standard InChI is InChI=1S/C19H22N2O4S/c1-3-25-15-6-4-13(5-7-15)17-20-14(11-26-17)10-16(22)21-9-8-19(2,12-21)18(23)24/h4-7,11H,3,8-10,12H2,1-2H3,(H,23,24)/t19-/m1/s1. The number of likely N-dealkylation sites (tertiary alicyclic amines) is 1. The predicted octanol–water partition coefficient (Wildman–Crippen LogP) is 3.07. The highest BCUT2D eigenvalue weighted by Crippen LogP contribution is 2.31. The van der Waals surface area contributed by atoms with E-state index >= 15 is 0 Å². The zero-order valence-electron chi connectivity index (χ0n) is 14.9. The minimum atomic E-state index is -0.848. The van der Waals surface area contributed by atoms with Crippen LogP contribution < -0.4 is 4.74 Å². The Hall–Kier alpha value is -2.41. The van der Waals surface area contributed by atoms with E-state index in [4.69, 9.17) is 4.74 Å². The van der Waals surface area contributed by atoms with Crippen molar-refractivity contribution < 1.29 is 19.4 Å². The normalized spacial score (nSPS) is 19.5. The fourth-order valence-electron chi connectivity index (χ4n) is 3.00. The van der Waals surface area contributed by atoms with Gasteiger partial charge in [0.2, 0.25) is 5.91 Å². The maximum atomic E-state index is 12.5. The first kappa shape index (κ1) is 18.4. The Kier molecular flexibility index (Phi) is 5.27. The molecule has 1 aliphatic heterocycles. The molecule has 0 spiro atoms. The summed E-state index contributed by atoms with van der Waals surface area (Å²) < 4.78 is 5.44. The van der Waals surface area contributed by atoms with Gasteiger partial charge < -0.3 is 14.7 Å². The molecule has 0 aliphatic carbocycles. The summed E-state index contributed by atoms with van der Waals surface area (Å²) in [5.41, 5.74) is 0.857. The summed E-state index contributed by atoms with van der Waals surface area (Å²) in [5.74, 6) is -0.100. The van der Waals surface area contributed by atoms with E-state index in [-0.39, 0.29) is 18.9 Å². The van der Waals surface area contributed by atoms with E-state index in [0.29, 0.717) is 25.3 Å². The van der Waals surface area contributed by atoms with Crippen LogP contribution in [0.25, 0.3) is 10.6 Å². The van der Waals surface area contributed by atoms with Crippen LogP contribution in [-0.2, 0) is 16.0 Å². The topological polar surface area (TPSA) is 79.7 Å². The third-order valence-electron chi connectivity index (χ3n) is 4.64. The molecule has 1 atom stereocenters. The molecule has 2 aromatic rings. The Morgan fingerprint density at radius 2 is 2.08 bits per heavy atom. The lowest BCUT2D eigenvalue weighted by Crippen LogP contribution is -2.35. The number of rotatable bonds is 6. The molecular weight excluding hydrogens is 352 g/mol. The fraction of sp³-hybridized carbons (Fsp3) is 0.421. The molecule has 0 radical (unpaired) electrons. The van der Waals surface area contributed by atoms with Gasteiger partial charge in [-0.25, -0.2) is 4.98 Å². The molecule has 1 N–H and O–H groups in total. The summed E-state index contributed by atoms with van der Waals surface area (Å²) in [6.45, 7) is 5.00. The molecule has 2 heterocycles. The van der Waals surface area contributed by atoms with Crippen LogP contribution in [0, 0.1) is 5.41 Å². The first-order valence-corrected chi connectivity index (χ1v) is 9.48. The van der Waals surface area contributed by atoms with Gasteiger partial charge in [-0.3, -0.25) is 9.59 Å². The molecule has 138 valence electrons. The van der Waals surface area contributed by atoms with E-state index in [2.05, 4.69) is 4.98 Å². The number of aliphatic carboxylic acids is 1. The maximum Gasteiger partial charge on any atom is 0.311 e. The largest absolute Gasteiger partial charge is 0.494 e. The first-order chi connectivity index (χ1) is 12.4. The summed E-state index contributed by atoms with van der Waals surface area (Å²) >= 11 is 1.49. The minimum absolute atomic E-state index is 0.0708. The number of hydrogen-bond donors (Lipinski definition) is 1. The molecule has 0 unspecified atom stereocenters. The smallest absolute Gasteiger partial charge is 0.311 e. The molecule has 26 heavy (non-hydrogen) atoms. The van der Waals surface area contributed by atoms with E-state index in [1.807, 2.05) is 36.6 Å². The number of carboxylic acids is 1. The predicted molar refractivity (Wildman–Crippen MR) is 99.4 cm³/mol. The number of benzene rings is 1. The van der Waals surface area contributed by atoms with Crippen LogP contribution in [0.2, 0.25) is 0 Å². The summed E-state index contributed by atoms with van der Waals surface area (Å²) in [7, 11) is 0. The molecule has 1 aromatic carbocycles. The van der Waals surface area contributed by atoms with Crippen molar-refractivity contribution in [1.82, 2.24) is 9.88 Å². The zero-order valence-corrected chi connectivity index (χ0v) is 15.7. The van der Waals surface area contributed by atoms with Gasteiger partial charge in [-0.15, -0.1) is 11.3 Å². The van der Waals surface area contributed by atoms with Gasteiger partial charge in [0.1, 0.15) is 10.8 Å². The quantitative estimate of drug-likeness (QED) is 0.840. The molecule has 0 bridgehead atoms. The van der Waals surface area contributed by atoms with Gasteiger partial charge in [0.05, 0.1) is 24.1 Å². The Labute approximate surface area is 156 Å². The molecule has 1 fully saturated rings. The molecule has 7 heteroatoms.